The number of carbonyl (C=O) groups is 1. The Labute approximate surface area is 90.8 Å². The predicted molar refractivity (Wildman–Crippen MR) is 61.0 cm³/mol. The first-order valence-electron chi connectivity index (χ1n) is 5.07. The molecule has 4 heteroatoms. The van der Waals surface area contributed by atoms with Gasteiger partial charge in [0.25, 0.3) is 5.91 Å². The van der Waals surface area contributed by atoms with E-state index in [1.165, 1.54) is 0 Å². The first-order valence-corrected chi connectivity index (χ1v) is 5.48. The zero-order valence-corrected chi connectivity index (χ0v) is 10.0. The molecule has 0 aliphatic carbocycles. The smallest absolute Gasteiger partial charge is 0.251 e. The SMILES string of the molecule is CC(C)CC1NC(=S)N(C(C)C)C1=O. The highest BCUT2D eigenvalue weighted by molar-refractivity contribution is 7.80. The van der Waals surface area contributed by atoms with E-state index in [0.29, 0.717) is 11.0 Å². The Morgan fingerprint density at radius 1 is 1.43 bits per heavy atom. The maximum absolute atomic E-state index is 11.9. The highest BCUT2D eigenvalue weighted by atomic mass is 32.1. The van der Waals surface area contributed by atoms with Crippen LogP contribution in [0.4, 0.5) is 0 Å². The number of nitrogens with zero attached hydrogens (tertiary/aromatic N) is 1. The monoisotopic (exact) mass is 214 g/mol. The Morgan fingerprint density at radius 3 is 2.36 bits per heavy atom. The van der Waals surface area contributed by atoms with Crippen LogP contribution >= 0.6 is 12.2 Å². The third kappa shape index (κ3) is 2.23. The summed E-state index contributed by atoms with van der Waals surface area (Å²) >= 11 is 5.12. The second-order valence-electron chi connectivity index (χ2n) is 4.43. The molecular formula is C10H18N2OS. The minimum Gasteiger partial charge on any atom is -0.350 e. The molecule has 0 aromatic carbocycles. The van der Waals surface area contributed by atoms with Crippen LogP contribution in [0.1, 0.15) is 34.1 Å². The predicted octanol–water partition coefficient (Wildman–Crippen LogP) is 1.53. The van der Waals surface area contributed by atoms with Crippen LogP contribution < -0.4 is 5.32 Å². The van der Waals surface area contributed by atoms with Crippen molar-refractivity contribution in [2.45, 2.75) is 46.2 Å². The van der Waals surface area contributed by atoms with Crippen LogP contribution in [0.3, 0.4) is 0 Å². The number of thiocarbonyl (C=S) groups is 1. The highest BCUT2D eigenvalue weighted by Crippen LogP contribution is 2.16. The van der Waals surface area contributed by atoms with Crippen molar-refractivity contribution in [3.8, 4) is 0 Å². The van der Waals surface area contributed by atoms with Crippen LogP contribution in [0.2, 0.25) is 0 Å². The van der Waals surface area contributed by atoms with Gasteiger partial charge in [-0.1, -0.05) is 13.8 Å². The third-order valence-corrected chi connectivity index (χ3v) is 2.59. The van der Waals surface area contributed by atoms with Gasteiger partial charge in [-0.3, -0.25) is 9.69 Å². The van der Waals surface area contributed by atoms with Crippen molar-refractivity contribution < 1.29 is 4.79 Å². The van der Waals surface area contributed by atoms with Crippen molar-refractivity contribution in [2.75, 3.05) is 0 Å². The molecule has 14 heavy (non-hydrogen) atoms. The molecule has 1 unspecified atom stereocenters. The van der Waals surface area contributed by atoms with E-state index in [9.17, 15) is 4.79 Å². The van der Waals surface area contributed by atoms with E-state index in [2.05, 4.69) is 19.2 Å². The standard InChI is InChI=1S/C10H18N2OS/c1-6(2)5-8-9(13)12(7(3)4)10(14)11-8/h6-8H,5H2,1-4H3,(H,11,14). The van der Waals surface area contributed by atoms with Crippen molar-refractivity contribution >= 4 is 23.2 Å². The molecule has 1 aliphatic rings. The molecular weight excluding hydrogens is 196 g/mol. The second-order valence-corrected chi connectivity index (χ2v) is 4.82. The Balaban J connectivity index is 2.69. The Kier molecular flexibility index (Phi) is 3.48. The Morgan fingerprint density at radius 2 is 2.00 bits per heavy atom. The zero-order chi connectivity index (χ0) is 10.9. The van der Waals surface area contributed by atoms with E-state index in [0.717, 1.165) is 6.42 Å². The number of amides is 1. The average molecular weight is 214 g/mol. The van der Waals surface area contributed by atoms with Crippen LogP contribution in [-0.2, 0) is 4.79 Å². The summed E-state index contributed by atoms with van der Waals surface area (Å²) in [5.74, 6) is 0.630. The molecule has 0 spiro atoms. The largest absolute Gasteiger partial charge is 0.350 e. The number of hydrogen-bond acceptors (Lipinski definition) is 2. The van der Waals surface area contributed by atoms with E-state index in [4.69, 9.17) is 12.2 Å². The van der Waals surface area contributed by atoms with Gasteiger partial charge in [0, 0.05) is 6.04 Å². The van der Waals surface area contributed by atoms with Crippen molar-refractivity contribution in [3.63, 3.8) is 0 Å². The van der Waals surface area contributed by atoms with E-state index < -0.39 is 0 Å². The van der Waals surface area contributed by atoms with Gasteiger partial charge in [-0.2, -0.15) is 0 Å². The Bertz CT molecular complexity index is 251. The molecule has 0 saturated carbocycles. The number of nitrogens with one attached hydrogen (secondary N) is 1. The fourth-order valence-electron chi connectivity index (χ4n) is 1.67. The molecule has 0 aromatic rings. The van der Waals surface area contributed by atoms with Crippen LogP contribution in [-0.4, -0.2) is 28.0 Å². The van der Waals surface area contributed by atoms with Gasteiger partial charge in [0.05, 0.1) is 0 Å². The molecule has 1 heterocycles. The first kappa shape index (κ1) is 11.4. The second kappa shape index (κ2) is 4.26. The van der Waals surface area contributed by atoms with Crippen LogP contribution in [0.5, 0.6) is 0 Å². The van der Waals surface area contributed by atoms with Crippen molar-refractivity contribution in [3.05, 3.63) is 0 Å². The van der Waals surface area contributed by atoms with Gasteiger partial charge >= 0.3 is 0 Å². The highest BCUT2D eigenvalue weighted by Gasteiger charge is 2.36. The number of carbonyl (C=O) groups excluding carboxylic acids is 1. The van der Waals surface area contributed by atoms with E-state index in [-0.39, 0.29) is 18.0 Å². The van der Waals surface area contributed by atoms with Crippen molar-refractivity contribution in [1.29, 1.82) is 0 Å². The van der Waals surface area contributed by atoms with Gasteiger partial charge in [-0.15, -0.1) is 0 Å². The van der Waals surface area contributed by atoms with Crippen LogP contribution in [0.25, 0.3) is 0 Å². The minimum atomic E-state index is -0.107. The average Bonchev–Trinajstić information content (AvgIpc) is 2.25. The molecule has 80 valence electrons. The molecule has 0 bridgehead atoms. The molecule has 0 radical (unpaired) electrons. The van der Waals surface area contributed by atoms with Crippen molar-refractivity contribution in [2.24, 2.45) is 5.92 Å². The van der Waals surface area contributed by atoms with Crippen molar-refractivity contribution in [1.82, 2.24) is 10.2 Å². The summed E-state index contributed by atoms with van der Waals surface area (Å²) in [6, 6.07) is 0.0459. The summed E-state index contributed by atoms with van der Waals surface area (Å²) in [6.07, 6.45) is 0.849. The molecule has 3 nitrogen and oxygen atoms in total. The molecule has 1 amide bonds. The fraction of sp³-hybridized carbons (Fsp3) is 0.800. The molecule has 0 aromatic heterocycles. The molecule has 1 atom stereocenters. The van der Waals surface area contributed by atoms with Gasteiger partial charge in [0.2, 0.25) is 0 Å². The maximum atomic E-state index is 11.9. The molecule has 1 N–H and O–H groups in total. The van der Waals surface area contributed by atoms with E-state index >= 15 is 0 Å². The lowest BCUT2D eigenvalue weighted by Gasteiger charge is -2.19. The summed E-state index contributed by atoms with van der Waals surface area (Å²) in [5.41, 5.74) is 0. The maximum Gasteiger partial charge on any atom is 0.251 e. The third-order valence-electron chi connectivity index (χ3n) is 2.28. The van der Waals surface area contributed by atoms with Crippen LogP contribution in [0, 0.1) is 5.92 Å². The fourth-order valence-corrected chi connectivity index (χ4v) is 2.11. The normalized spacial score (nSPS) is 22.4. The zero-order valence-electron chi connectivity index (χ0n) is 9.20. The number of hydrogen-bond donors (Lipinski definition) is 1. The summed E-state index contributed by atoms with van der Waals surface area (Å²) in [7, 11) is 0. The summed E-state index contributed by atoms with van der Waals surface area (Å²) in [4.78, 5) is 13.5. The Hall–Kier alpha value is -0.640. The van der Waals surface area contributed by atoms with E-state index in [1.54, 1.807) is 4.90 Å². The number of rotatable bonds is 3. The summed E-state index contributed by atoms with van der Waals surface area (Å²) in [6.45, 7) is 8.17. The van der Waals surface area contributed by atoms with Crippen LogP contribution in [0.15, 0.2) is 0 Å². The van der Waals surface area contributed by atoms with Gasteiger partial charge in [0.15, 0.2) is 5.11 Å². The topological polar surface area (TPSA) is 32.3 Å². The first-order chi connectivity index (χ1) is 6.43. The molecule has 1 saturated heterocycles. The lowest BCUT2D eigenvalue weighted by atomic mass is 10.0. The van der Waals surface area contributed by atoms with Gasteiger partial charge in [0.1, 0.15) is 6.04 Å². The summed E-state index contributed by atoms with van der Waals surface area (Å²) < 4.78 is 0. The van der Waals surface area contributed by atoms with Gasteiger partial charge in [-0.25, -0.2) is 0 Å². The quantitative estimate of drug-likeness (QED) is 0.723. The van der Waals surface area contributed by atoms with Gasteiger partial charge in [-0.05, 0) is 38.4 Å². The minimum absolute atomic E-state index is 0.107. The van der Waals surface area contributed by atoms with E-state index in [1.807, 2.05) is 13.8 Å². The molecule has 1 fully saturated rings. The van der Waals surface area contributed by atoms with Gasteiger partial charge < -0.3 is 5.32 Å². The lowest BCUT2D eigenvalue weighted by Crippen LogP contribution is -2.37. The lowest BCUT2D eigenvalue weighted by molar-refractivity contribution is -0.128. The molecule has 1 aliphatic heterocycles. The molecule has 1 rings (SSSR count). The summed E-state index contributed by atoms with van der Waals surface area (Å²) in [5, 5.41) is 3.65.